The van der Waals surface area contributed by atoms with Gasteiger partial charge in [0.1, 0.15) is 37.9 Å². The predicted octanol–water partition coefficient (Wildman–Crippen LogP) is 5.84. The van der Waals surface area contributed by atoms with Crippen LogP contribution in [0.5, 0.6) is 5.75 Å². The monoisotopic (exact) mass is 451 g/mol. The van der Waals surface area contributed by atoms with E-state index in [4.69, 9.17) is 39.5 Å². The van der Waals surface area contributed by atoms with Crippen LogP contribution in [-0.4, -0.2) is 9.97 Å². The third-order valence-corrected chi connectivity index (χ3v) is 5.85. The summed E-state index contributed by atoms with van der Waals surface area (Å²) < 4.78 is 7.14. The zero-order chi connectivity index (χ0) is 19.8. The van der Waals surface area contributed by atoms with Crippen molar-refractivity contribution in [3.8, 4) is 17.0 Å². The van der Waals surface area contributed by atoms with Gasteiger partial charge in [0.15, 0.2) is 12.4 Å². The second-order valence-electron chi connectivity index (χ2n) is 6.02. The van der Waals surface area contributed by atoms with Gasteiger partial charge < -0.3 is 9.94 Å². The van der Waals surface area contributed by atoms with Crippen LogP contribution in [0.25, 0.3) is 22.2 Å². The van der Waals surface area contributed by atoms with Gasteiger partial charge in [-0.1, -0.05) is 46.9 Å². The molecule has 0 atom stereocenters. The molecule has 0 saturated carbocycles. The molecule has 0 spiro atoms. The number of hydrogen-bond acceptors (Lipinski definition) is 5. The number of rotatable bonds is 4. The van der Waals surface area contributed by atoms with Gasteiger partial charge in [-0.05, 0) is 19.1 Å². The third-order valence-electron chi connectivity index (χ3n) is 4.14. The Balaban J connectivity index is 1.77. The zero-order valence-corrected chi connectivity index (χ0v) is 17.5. The molecule has 3 heterocycles. The molecular weight excluding hydrogens is 441 g/mol. The van der Waals surface area contributed by atoms with Crippen LogP contribution in [0, 0.1) is 12.1 Å². The second-order valence-corrected chi connectivity index (χ2v) is 8.29. The van der Waals surface area contributed by atoms with Gasteiger partial charge in [-0.25, -0.2) is 9.97 Å². The van der Waals surface area contributed by atoms with E-state index in [1.54, 1.807) is 5.51 Å². The third kappa shape index (κ3) is 3.61. The minimum absolute atomic E-state index is 0.0973. The van der Waals surface area contributed by atoms with E-state index in [0.717, 1.165) is 16.6 Å². The number of aryl methyl sites for hydroxylation is 1. The Kier molecular flexibility index (Phi) is 5.29. The Morgan fingerprint density at radius 2 is 1.93 bits per heavy atom. The molecule has 0 bridgehead atoms. The highest BCUT2D eigenvalue weighted by atomic mass is 35.5. The quantitative estimate of drug-likeness (QED) is 0.288. The summed E-state index contributed by atoms with van der Waals surface area (Å²) in [4.78, 5) is 9.02. The first-order valence-corrected chi connectivity index (χ1v) is 10.1. The summed E-state index contributed by atoms with van der Waals surface area (Å²) in [7, 11) is 0. The van der Waals surface area contributed by atoms with Crippen LogP contribution in [0.4, 0.5) is 0 Å². The van der Waals surface area contributed by atoms with Gasteiger partial charge in [-0.2, -0.15) is 4.73 Å². The van der Waals surface area contributed by atoms with Crippen LogP contribution >= 0.6 is 46.1 Å². The van der Waals surface area contributed by atoms with Crippen LogP contribution in [-0.2, 0) is 6.61 Å². The molecule has 1 aromatic carbocycles. The summed E-state index contributed by atoms with van der Waals surface area (Å²) in [5.74, 6) is 0.569. The summed E-state index contributed by atoms with van der Waals surface area (Å²) in [6.07, 6.45) is 2.47. The lowest BCUT2D eigenvalue weighted by Gasteiger charge is -2.13. The molecule has 3 aromatic heterocycles. The average Bonchev–Trinajstić information content (AvgIpc) is 3.06. The Labute approximate surface area is 179 Å². The summed E-state index contributed by atoms with van der Waals surface area (Å²) in [6, 6.07) is 7.59. The lowest BCUT2D eigenvalue weighted by atomic mass is 10.1. The number of pyridine rings is 2. The maximum absolute atomic E-state index is 11.4. The van der Waals surface area contributed by atoms with Crippen molar-refractivity contribution >= 4 is 57.0 Å². The number of hydrogen-bond donors (Lipinski definition) is 0. The van der Waals surface area contributed by atoms with E-state index in [9.17, 15) is 5.21 Å². The van der Waals surface area contributed by atoms with Crippen LogP contribution in [0.2, 0.25) is 14.4 Å². The van der Waals surface area contributed by atoms with Crippen molar-refractivity contribution in [2.45, 2.75) is 13.5 Å². The van der Waals surface area contributed by atoms with E-state index < -0.39 is 0 Å². The van der Waals surface area contributed by atoms with Crippen molar-refractivity contribution in [1.82, 2.24) is 9.97 Å². The molecule has 0 aliphatic heterocycles. The molecule has 28 heavy (non-hydrogen) atoms. The summed E-state index contributed by atoms with van der Waals surface area (Å²) in [5.41, 5.74) is 5.34. The fourth-order valence-electron chi connectivity index (χ4n) is 2.89. The van der Waals surface area contributed by atoms with E-state index >= 15 is 0 Å². The molecule has 5 nitrogen and oxygen atoms in total. The van der Waals surface area contributed by atoms with Gasteiger partial charge in [-0.15, -0.1) is 11.3 Å². The molecule has 0 aliphatic carbocycles. The molecule has 0 N–H and O–H groups in total. The van der Waals surface area contributed by atoms with E-state index in [0.29, 0.717) is 31.6 Å². The molecule has 0 radical (unpaired) electrons. The predicted molar refractivity (Wildman–Crippen MR) is 112 cm³/mol. The van der Waals surface area contributed by atoms with Crippen molar-refractivity contribution in [2.24, 2.45) is 0 Å². The molecule has 0 unspecified atom stereocenters. The smallest absolute Gasteiger partial charge is 0.199 e. The molecule has 0 saturated heterocycles. The number of aromatic nitrogens is 3. The molecule has 4 rings (SSSR count). The highest BCUT2D eigenvalue weighted by molar-refractivity contribution is 7.14. The number of halogens is 3. The summed E-state index contributed by atoms with van der Waals surface area (Å²) >= 11 is 19.9. The Morgan fingerprint density at radius 1 is 1.18 bits per heavy atom. The first kappa shape index (κ1) is 19.2. The normalized spacial score (nSPS) is 11.1. The second kappa shape index (κ2) is 7.72. The number of fused-ring (bicyclic) bond motifs is 1. The van der Waals surface area contributed by atoms with E-state index in [1.165, 1.54) is 23.7 Å². The lowest BCUT2D eigenvalue weighted by molar-refractivity contribution is -0.605. The van der Waals surface area contributed by atoms with Gasteiger partial charge in [-0.3, -0.25) is 0 Å². The van der Waals surface area contributed by atoms with Gasteiger partial charge in [0.25, 0.3) is 0 Å². The first-order valence-electron chi connectivity index (χ1n) is 8.13. The van der Waals surface area contributed by atoms with Crippen LogP contribution in [0.3, 0.4) is 0 Å². The topological polar surface area (TPSA) is 62.0 Å². The zero-order valence-electron chi connectivity index (χ0n) is 14.4. The Hall–Kier alpha value is -2.12. The Bertz CT molecular complexity index is 1170. The van der Waals surface area contributed by atoms with E-state index in [1.807, 2.05) is 31.2 Å². The minimum atomic E-state index is 0.0973. The van der Waals surface area contributed by atoms with Crippen molar-refractivity contribution in [3.63, 3.8) is 0 Å². The molecule has 0 amide bonds. The highest BCUT2D eigenvalue weighted by Crippen LogP contribution is 2.37. The fourth-order valence-corrected chi connectivity index (χ4v) is 4.24. The number of benzene rings is 1. The maximum atomic E-state index is 11.4. The van der Waals surface area contributed by atoms with E-state index in [-0.39, 0.29) is 16.7 Å². The van der Waals surface area contributed by atoms with Gasteiger partial charge in [0, 0.05) is 22.2 Å². The molecule has 4 aromatic rings. The van der Waals surface area contributed by atoms with Crippen molar-refractivity contribution < 1.29 is 9.47 Å². The number of thiazole rings is 1. The number of para-hydroxylation sites is 1. The largest absolute Gasteiger partial charge is 0.619 e. The average molecular weight is 453 g/mol. The maximum Gasteiger partial charge on any atom is 0.199 e. The van der Waals surface area contributed by atoms with E-state index in [2.05, 4.69) is 9.97 Å². The summed E-state index contributed by atoms with van der Waals surface area (Å²) in [6.45, 7) is 2.00. The van der Waals surface area contributed by atoms with Crippen LogP contribution in [0.1, 0.15) is 11.3 Å². The Morgan fingerprint density at radius 3 is 2.61 bits per heavy atom. The molecular formula is C19H12Cl3N3O2S. The van der Waals surface area contributed by atoms with Gasteiger partial charge >= 0.3 is 0 Å². The molecule has 142 valence electrons. The van der Waals surface area contributed by atoms with Crippen molar-refractivity contribution in [3.05, 3.63) is 73.0 Å². The van der Waals surface area contributed by atoms with Gasteiger partial charge in [0.05, 0.1) is 5.51 Å². The first-order chi connectivity index (χ1) is 13.4. The minimum Gasteiger partial charge on any atom is -0.619 e. The number of nitrogens with zero attached hydrogens (tertiary/aromatic N) is 3. The molecule has 9 heteroatoms. The molecule has 0 aliphatic rings. The van der Waals surface area contributed by atoms with Gasteiger partial charge in [0.2, 0.25) is 0 Å². The van der Waals surface area contributed by atoms with Crippen molar-refractivity contribution in [1.29, 1.82) is 0 Å². The fraction of sp³-hybridized carbons (Fsp3) is 0.105. The molecule has 0 fully saturated rings. The standard InChI is InChI=1S/C19H12Cl3N3O2S/c1-10-5-12(18-19(22)28-9-23-18)11-3-2-4-16(17(11)24-10)27-8-13-14(20)6-25(26)7-15(13)21/h2-7,9H,8H2,1H3. The summed E-state index contributed by atoms with van der Waals surface area (Å²) in [5, 5.41) is 12.8. The SMILES string of the molecule is Cc1cc(-c2ncsc2Cl)c2cccc(OCc3c(Cl)c[n+]([O-])cc3Cl)c2n1. The lowest BCUT2D eigenvalue weighted by Crippen LogP contribution is -2.25. The number of ether oxygens (including phenoxy) is 1. The van der Waals surface area contributed by atoms with Crippen LogP contribution in [0.15, 0.2) is 42.2 Å². The van der Waals surface area contributed by atoms with Crippen LogP contribution < -0.4 is 9.47 Å². The van der Waals surface area contributed by atoms with Crippen molar-refractivity contribution in [2.75, 3.05) is 0 Å². The highest BCUT2D eigenvalue weighted by Gasteiger charge is 2.16.